The summed E-state index contributed by atoms with van der Waals surface area (Å²) in [5.41, 5.74) is 0. The number of unbranched alkanes of at least 4 members (excludes halogenated alkanes) is 25. The van der Waals surface area contributed by atoms with Gasteiger partial charge in [0.2, 0.25) is 0 Å². The van der Waals surface area contributed by atoms with E-state index < -0.39 is 6.10 Å². The van der Waals surface area contributed by atoms with Crippen molar-refractivity contribution in [3.63, 3.8) is 0 Å². The molecule has 0 aliphatic carbocycles. The molecule has 0 amide bonds. The first kappa shape index (κ1) is 46.6. The van der Waals surface area contributed by atoms with E-state index in [0.29, 0.717) is 19.6 Å². The smallest absolute Gasteiger partial charge is 0.306 e. The number of hydrogen-bond donors (Lipinski definition) is 1. The van der Waals surface area contributed by atoms with Crippen LogP contribution < -0.4 is 0 Å². The van der Waals surface area contributed by atoms with Gasteiger partial charge in [-0.3, -0.25) is 4.79 Å². The molecule has 4 nitrogen and oxygen atoms in total. The Morgan fingerprint density at radius 1 is 0.500 bits per heavy atom. The molecule has 0 aromatic carbocycles. The molecule has 0 saturated carbocycles. The predicted octanol–water partition coefficient (Wildman–Crippen LogP) is 13.7. The zero-order chi connectivity index (χ0) is 34.9. The van der Waals surface area contributed by atoms with Crippen LogP contribution in [0.5, 0.6) is 0 Å². The van der Waals surface area contributed by atoms with Crippen molar-refractivity contribution in [1.82, 2.24) is 0 Å². The van der Waals surface area contributed by atoms with Crippen LogP contribution in [0.3, 0.4) is 0 Å². The normalized spacial score (nSPS) is 12.6. The minimum Gasteiger partial charge on any atom is -0.457 e. The highest BCUT2D eigenvalue weighted by Gasteiger charge is 2.13. The molecule has 1 unspecified atom stereocenters. The van der Waals surface area contributed by atoms with Gasteiger partial charge < -0.3 is 14.6 Å². The molecule has 4 heteroatoms. The molecule has 0 heterocycles. The van der Waals surface area contributed by atoms with Crippen molar-refractivity contribution in [3.8, 4) is 0 Å². The Kier molecular flexibility index (Phi) is 40.6. The first-order valence-electron chi connectivity index (χ1n) is 21.1. The summed E-state index contributed by atoms with van der Waals surface area (Å²) in [6.45, 7) is 5.34. The van der Waals surface area contributed by atoms with Crippen molar-refractivity contribution in [3.05, 3.63) is 36.5 Å². The lowest BCUT2D eigenvalue weighted by atomic mass is 10.0. The quantitative estimate of drug-likeness (QED) is 0.0400. The fourth-order valence-corrected chi connectivity index (χ4v) is 6.04. The molecule has 48 heavy (non-hydrogen) atoms. The Bertz CT molecular complexity index is 713. The molecule has 0 radical (unpaired) electrons. The van der Waals surface area contributed by atoms with Crippen LogP contribution in [-0.2, 0) is 14.3 Å². The van der Waals surface area contributed by atoms with E-state index in [4.69, 9.17) is 9.47 Å². The fraction of sp³-hybridized carbons (Fsp3) is 0.841. The van der Waals surface area contributed by atoms with Crippen LogP contribution in [-0.4, -0.2) is 37.0 Å². The van der Waals surface area contributed by atoms with Crippen molar-refractivity contribution in [2.24, 2.45) is 0 Å². The average Bonchev–Trinajstić information content (AvgIpc) is 3.09. The average molecular weight is 675 g/mol. The zero-order valence-electron chi connectivity index (χ0n) is 32.3. The summed E-state index contributed by atoms with van der Waals surface area (Å²) < 4.78 is 11.1. The zero-order valence-corrected chi connectivity index (χ0v) is 32.3. The number of carbonyl (C=O) groups is 1. The Morgan fingerprint density at radius 2 is 0.875 bits per heavy atom. The second-order valence-electron chi connectivity index (χ2n) is 14.1. The van der Waals surface area contributed by atoms with Gasteiger partial charge in [-0.25, -0.2) is 0 Å². The van der Waals surface area contributed by atoms with Crippen molar-refractivity contribution in [2.45, 2.75) is 219 Å². The summed E-state index contributed by atoms with van der Waals surface area (Å²) in [5.74, 6) is -0.204. The van der Waals surface area contributed by atoms with E-state index in [-0.39, 0.29) is 12.6 Å². The lowest BCUT2D eigenvalue weighted by Crippen LogP contribution is -2.27. The molecule has 0 bridgehead atoms. The second-order valence-corrected chi connectivity index (χ2v) is 14.1. The van der Waals surface area contributed by atoms with Gasteiger partial charge in [0, 0.05) is 13.0 Å². The predicted molar refractivity (Wildman–Crippen MR) is 210 cm³/mol. The molecular formula is C44H82O4. The number of aliphatic hydroxyl groups is 1. The van der Waals surface area contributed by atoms with E-state index in [1.54, 1.807) is 0 Å². The maximum Gasteiger partial charge on any atom is 0.306 e. The third-order valence-corrected chi connectivity index (χ3v) is 9.22. The maximum absolute atomic E-state index is 12.2. The Labute approximate surface area is 300 Å². The number of allylic oxidation sites excluding steroid dienone is 6. The molecule has 0 fully saturated rings. The van der Waals surface area contributed by atoms with Crippen molar-refractivity contribution >= 4 is 5.97 Å². The monoisotopic (exact) mass is 675 g/mol. The van der Waals surface area contributed by atoms with Crippen LogP contribution in [0.2, 0.25) is 0 Å². The van der Waals surface area contributed by atoms with Gasteiger partial charge in [-0.1, -0.05) is 192 Å². The molecular weight excluding hydrogens is 592 g/mol. The standard InChI is InChI=1S/C44H82O4/c1-3-5-7-9-11-13-15-16-17-18-19-20-21-22-23-24-25-26-27-28-29-31-33-35-37-39-44(46)48-43(41-45)42-47-40-38-36-34-32-30-14-12-10-8-6-4-2/h15-16,18-19,21-22,43,45H,3-14,17,20,23-42H2,1-2H3/b16-15-,19-18-,22-21-. The highest BCUT2D eigenvalue weighted by Crippen LogP contribution is 2.14. The van der Waals surface area contributed by atoms with Crippen LogP contribution in [0.4, 0.5) is 0 Å². The maximum atomic E-state index is 12.2. The summed E-state index contributed by atoms with van der Waals surface area (Å²) in [6, 6.07) is 0. The summed E-state index contributed by atoms with van der Waals surface area (Å²) in [6.07, 6.45) is 52.0. The number of aliphatic hydroxyl groups excluding tert-OH is 1. The summed E-state index contributed by atoms with van der Waals surface area (Å²) in [7, 11) is 0. The van der Waals surface area contributed by atoms with Crippen molar-refractivity contribution in [2.75, 3.05) is 19.8 Å². The van der Waals surface area contributed by atoms with E-state index >= 15 is 0 Å². The van der Waals surface area contributed by atoms with Crippen molar-refractivity contribution < 1.29 is 19.4 Å². The number of ether oxygens (including phenoxy) is 2. The Morgan fingerprint density at radius 3 is 1.31 bits per heavy atom. The van der Waals surface area contributed by atoms with E-state index in [0.717, 1.165) is 32.1 Å². The first-order chi connectivity index (χ1) is 23.7. The van der Waals surface area contributed by atoms with Gasteiger partial charge in [-0.05, 0) is 51.4 Å². The topological polar surface area (TPSA) is 55.8 Å². The van der Waals surface area contributed by atoms with Crippen LogP contribution in [0, 0.1) is 0 Å². The molecule has 0 spiro atoms. The minimum atomic E-state index is -0.532. The van der Waals surface area contributed by atoms with E-state index in [1.807, 2.05) is 0 Å². The van der Waals surface area contributed by atoms with Gasteiger partial charge in [0.05, 0.1) is 13.2 Å². The molecule has 282 valence electrons. The largest absolute Gasteiger partial charge is 0.457 e. The summed E-state index contributed by atoms with van der Waals surface area (Å²) in [5, 5.41) is 9.57. The fourth-order valence-electron chi connectivity index (χ4n) is 6.04. The summed E-state index contributed by atoms with van der Waals surface area (Å²) in [4.78, 5) is 12.2. The van der Waals surface area contributed by atoms with E-state index in [9.17, 15) is 9.90 Å². The molecule has 1 atom stereocenters. The summed E-state index contributed by atoms with van der Waals surface area (Å²) >= 11 is 0. The van der Waals surface area contributed by atoms with Crippen molar-refractivity contribution in [1.29, 1.82) is 0 Å². The van der Waals surface area contributed by atoms with Gasteiger partial charge in [0.25, 0.3) is 0 Å². The molecule has 0 aliphatic heterocycles. The van der Waals surface area contributed by atoms with Gasteiger partial charge >= 0.3 is 5.97 Å². The Hall–Kier alpha value is -1.39. The van der Waals surface area contributed by atoms with Gasteiger partial charge in [0.15, 0.2) is 0 Å². The third kappa shape index (κ3) is 39.1. The van der Waals surface area contributed by atoms with E-state index in [1.165, 1.54) is 161 Å². The molecule has 0 aromatic heterocycles. The van der Waals surface area contributed by atoms with Crippen LogP contribution in [0.15, 0.2) is 36.5 Å². The molecule has 0 saturated heterocycles. The number of carbonyl (C=O) groups excluding carboxylic acids is 1. The first-order valence-corrected chi connectivity index (χ1v) is 21.1. The number of hydrogen-bond acceptors (Lipinski definition) is 4. The highest BCUT2D eigenvalue weighted by atomic mass is 16.6. The van der Waals surface area contributed by atoms with Crippen LogP contribution >= 0.6 is 0 Å². The third-order valence-electron chi connectivity index (χ3n) is 9.22. The second kappa shape index (κ2) is 41.8. The Balaban J connectivity index is 3.43. The van der Waals surface area contributed by atoms with Gasteiger partial charge in [-0.15, -0.1) is 0 Å². The highest BCUT2D eigenvalue weighted by molar-refractivity contribution is 5.69. The van der Waals surface area contributed by atoms with E-state index in [2.05, 4.69) is 50.3 Å². The van der Waals surface area contributed by atoms with Crippen LogP contribution in [0.1, 0.15) is 213 Å². The molecule has 0 aliphatic rings. The molecule has 0 rings (SSSR count). The van der Waals surface area contributed by atoms with Gasteiger partial charge in [0.1, 0.15) is 6.10 Å². The van der Waals surface area contributed by atoms with Crippen LogP contribution in [0.25, 0.3) is 0 Å². The lowest BCUT2D eigenvalue weighted by Gasteiger charge is -2.16. The lowest BCUT2D eigenvalue weighted by molar-refractivity contribution is -0.154. The minimum absolute atomic E-state index is 0.171. The van der Waals surface area contributed by atoms with Gasteiger partial charge in [-0.2, -0.15) is 0 Å². The molecule has 1 N–H and O–H groups in total. The number of rotatable bonds is 39. The number of esters is 1. The molecule has 0 aromatic rings. The SMILES string of the molecule is CCCCCCC/C=C\C/C=C\C/C=C\CCCCCCCCCCCCC(=O)OC(CO)COCCCCCCCCCCCCC.